The van der Waals surface area contributed by atoms with Crippen LogP contribution in [-0.4, -0.2) is 11.7 Å². The molecule has 0 aromatic heterocycles. The van der Waals surface area contributed by atoms with Gasteiger partial charge in [0.2, 0.25) is 5.91 Å². The molecule has 0 unspecified atom stereocenters. The molecule has 0 spiro atoms. The lowest BCUT2D eigenvalue weighted by Gasteiger charge is -2.09. The number of thioether (sulfide) groups is 1. The summed E-state index contributed by atoms with van der Waals surface area (Å²) < 4.78 is 0. The Labute approximate surface area is 134 Å². The first-order valence-corrected chi connectivity index (χ1v) is 8.36. The number of benzene rings is 2. The molecule has 0 radical (unpaired) electrons. The topological polar surface area (TPSA) is 29.1 Å². The van der Waals surface area contributed by atoms with Gasteiger partial charge in [-0.1, -0.05) is 48.0 Å². The molecule has 1 amide bonds. The molecule has 0 atom stereocenters. The lowest BCUT2D eigenvalue weighted by atomic mass is 10.2. The minimum atomic E-state index is 0.0286. The highest BCUT2D eigenvalue weighted by Gasteiger charge is 2.06. The van der Waals surface area contributed by atoms with Crippen LogP contribution in [-0.2, 0) is 10.5 Å². The number of halogens is 1. The summed E-state index contributed by atoms with van der Waals surface area (Å²) >= 11 is 7.80. The second-order valence-electron chi connectivity index (χ2n) is 4.75. The van der Waals surface area contributed by atoms with Crippen LogP contribution in [0.25, 0.3) is 0 Å². The molecule has 2 aromatic carbocycles. The van der Waals surface area contributed by atoms with E-state index >= 15 is 0 Å². The SMILES string of the molecule is Cc1c(Cl)cccc1NC(=O)CCSCc1ccccc1. The lowest BCUT2D eigenvalue weighted by molar-refractivity contribution is -0.115. The molecule has 0 aliphatic heterocycles. The van der Waals surface area contributed by atoms with Crippen molar-refractivity contribution in [2.24, 2.45) is 0 Å². The minimum absolute atomic E-state index is 0.0286. The lowest BCUT2D eigenvalue weighted by Crippen LogP contribution is -2.13. The van der Waals surface area contributed by atoms with Crippen molar-refractivity contribution >= 4 is 35.0 Å². The van der Waals surface area contributed by atoms with Crippen LogP contribution < -0.4 is 5.32 Å². The quantitative estimate of drug-likeness (QED) is 0.766. The maximum absolute atomic E-state index is 11.9. The van der Waals surface area contributed by atoms with Crippen molar-refractivity contribution in [3.05, 3.63) is 64.7 Å². The van der Waals surface area contributed by atoms with Crippen molar-refractivity contribution in [3.8, 4) is 0 Å². The van der Waals surface area contributed by atoms with Crippen molar-refractivity contribution in [2.75, 3.05) is 11.1 Å². The summed E-state index contributed by atoms with van der Waals surface area (Å²) in [4.78, 5) is 11.9. The number of anilines is 1. The molecule has 0 aliphatic carbocycles. The predicted molar refractivity (Wildman–Crippen MR) is 92.0 cm³/mol. The number of carbonyl (C=O) groups excluding carboxylic acids is 1. The molecule has 21 heavy (non-hydrogen) atoms. The standard InChI is InChI=1S/C17H18ClNOS/c1-13-15(18)8-5-9-16(13)19-17(20)10-11-21-12-14-6-3-2-4-7-14/h2-9H,10-12H2,1H3,(H,19,20). The Kier molecular flexibility index (Phi) is 6.15. The van der Waals surface area contributed by atoms with Gasteiger partial charge in [0.1, 0.15) is 0 Å². The molecule has 0 heterocycles. The number of nitrogens with one attached hydrogen (secondary N) is 1. The van der Waals surface area contributed by atoms with Gasteiger partial charge >= 0.3 is 0 Å². The van der Waals surface area contributed by atoms with Gasteiger partial charge in [-0.3, -0.25) is 4.79 Å². The van der Waals surface area contributed by atoms with Gasteiger partial charge in [-0.15, -0.1) is 0 Å². The zero-order valence-corrected chi connectivity index (χ0v) is 13.5. The molecule has 0 bridgehead atoms. The number of hydrogen-bond acceptors (Lipinski definition) is 2. The van der Waals surface area contributed by atoms with Gasteiger partial charge in [-0.2, -0.15) is 11.8 Å². The second kappa shape index (κ2) is 8.11. The number of rotatable bonds is 6. The first kappa shape index (κ1) is 15.9. The molecule has 1 N–H and O–H groups in total. The van der Waals surface area contributed by atoms with Gasteiger partial charge in [0.05, 0.1) is 0 Å². The molecule has 4 heteroatoms. The summed E-state index contributed by atoms with van der Waals surface area (Å²) in [6.07, 6.45) is 0.503. The minimum Gasteiger partial charge on any atom is -0.326 e. The average Bonchev–Trinajstić information content (AvgIpc) is 2.49. The molecule has 2 nitrogen and oxygen atoms in total. The van der Waals surface area contributed by atoms with Crippen LogP contribution in [0.2, 0.25) is 5.02 Å². The van der Waals surface area contributed by atoms with Crippen LogP contribution in [0.1, 0.15) is 17.5 Å². The molecule has 110 valence electrons. The number of amides is 1. The number of carbonyl (C=O) groups is 1. The van der Waals surface area contributed by atoms with Crippen LogP contribution in [0.3, 0.4) is 0 Å². The van der Waals surface area contributed by atoms with E-state index in [0.717, 1.165) is 22.8 Å². The summed E-state index contributed by atoms with van der Waals surface area (Å²) in [7, 11) is 0. The summed E-state index contributed by atoms with van der Waals surface area (Å²) in [5.41, 5.74) is 2.98. The highest BCUT2D eigenvalue weighted by Crippen LogP contribution is 2.23. The zero-order valence-electron chi connectivity index (χ0n) is 11.9. The number of hydrogen-bond donors (Lipinski definition) is 1. The highest BCUT2D eigenvalue weighted by molar-refractivity contribution is 7.98. The van der Waals surface area contributed by atoms with E-state index < -0.39 is 0 Å². The van der Waals surface area contributed by atoms with Gasteiger partial charge in [0, 0.05) is 28.6 Å². The van der Waals surface area contributed by atoms with E-state index in [1.807, 2.05) is 43.3 Å². The Hall–Kier alpha value is -1.45. The van der Waals surface area contributed by atoms with E-state index in [1.54, 1.807) is 11.8 Å². The van der Waals surface area contributed by atoms with E-state index in [9.17, 15) is 4.79 Å². The highest BCUT2D eigenvalue weighted by atomic mass is 35.5. The van der Waals surface area contributed by atoms with Crippen LogP contribution in [0.15, 0.2) is 48.5 Å². The largest absolute Gasteiger partial charge is 0.326 e. The van der Waals surface area contributed by atoms with E-state index in [2.05, 4.69) is 17.4 Å². The predicted octanol–water partition coefficient (Wildman–Crippen LogP) is 4.91. The first-order valence-electron chi connectivity index (χ1n) is 6.83. The Morgan fingerprint density at radius 1 is 1.14 bits per heavy atom. The fourth-order valence-corrected chi connectivity index (χ4v) is 2.96. The van der Waals surface area contributed by atoms with Gasteiger partial charge in [-0.25, -0.2) is 0 Å². The van der Waals surface area contributed by atoms with Gasteiger partial charge in [0.25, 0.3) is 0 Å². The van der Waals surface area contributed by atoms with E-state index in [0.29, 0.717) is 11.4 Å². The molecule has 0 saturated heterocycles. The van der Waals surface area contributed by atoms with Crippen molar-refractivity contribution in [1.29, 1.82) is 0 Å². The molecular weight excluding hydrogens is 302 g/mol. The smallest absolute Gasteiger partial charge is 0.225 e. The van der Waals surface area contributed by atoms with Gasteiger partial charge in [-0.05, 0) is 30.2 Å². The summed E-state index contributed by atoms with van der Waals surface area (Å²) in [6, 6.07) is 15.8. The van der Waals surface area contributed by atoms with E-state index in [4.69, 9.17) is 11.6 Å². The van der Waals surface area contributed by atoms with Crippen LogP contribution in [0.5, 0.6) is 0 Å². The van der Waals surface area contributed by atoms with Crippen LogP contribution in [0, 0.1) is 6.92 Å². The van der Waals surface area contributed by atoms with Crippen molar-refractivity contribution in [3.63, 3.8) is 0 Å². The Balaban J connectivity index is 1.74. The van der Waals surface area contributed by atoms with Crippen LogP contribution >= 0.6 is 23.4 Å². The van der Waals surface area contributed by atoms with Gasteiger partial charge in [0.15, 0.2) is 0 Å². The van der Waals surface area contributed by atoms with E-state index in [-0.39, 0.29) is 5.91 Å². The Bertz CT molecular complexity index is 601. The fourth-order valence-electron chi connectivity index (χ4n) is 1.88. The Morgan fingerprint density at radius 2 is 1.90 bits per heavy atom. The zero-order chi connectivity index (χ0) is 15.1. The molecule has 0 saturated carbocycles. The average molecular weight is 320 g/mol. The van der Waals surface area contributed by atoms with Crippen molar-refractivity contribution in [2.45, 2.75) is 19.1 Å². The molecule has 0 aliphatic rings. The van der Waals surface area contributed by atoms with Crippen molar-refractivity contribution < 1.29 is 4.79 Å². The summed E-state index contributed by atoms with van der Waals surface area (Å²) in [6.45, 7) is 1.90. The molecule has 0 fully saturated rings. The first-order chi connectivity index (χ1) is 10.2. The maximum Gasteiger partial charge on any atom is 0.225 e. The molecule has 2 rings (SSSR count). The summed E-state index contributed by atoms with van der Waals surface area (Å²) in [5, 5.41) is 3.59. The maximum atomic E-state index is 11.9. The van der Waals surface area contributed by atoms with Crippen LogP contribution in [0.4, 0.5) is 5.69 Å². The normalized spacial score (nSPS) is 10.4. The monoisotopic (exact) mass is 319 g/mol. The molecular formula is C17H18ClNOS. The summed E-state index contributed by atoms with van der Waals surface area (Å²) in [5.74, 6) is 1.77. The molecule has 2 aromatic rings. The van der Waals surface area contributed by atoms with Gasteiger partial charge < -0.3 is 5.32 Å². The Morgan fingerprint density at radius 3 is 2.67 bits per heavy atom. The van der Waals surface area contributed by atoms with E-state index in [1.165, 1.54) is 5.56 Å². The third kappa shape index (κ3) is 5.10. The third-order valence-electron chi connectivity index (χ3n) is 3.13. The third-order valence-corrected chi connectivity index (χ3v) is 4.57. The van der Waals surface area contributed by atoms with Crippen molar-refractivity contribution in [1.82, 2.24) is 0 Å². The second-order valence-corrected chi connectivity index (χ2v) is 6.26. The fraction of sp³-hybridized carbons (Fsp3) is 0.235.